The highest BCUT2D eigenvalue weighted by molar-refractivity contribution is 7.53. The molecule has 0 rings (SSSR count). The minimum atomic E-state index is -3.52. The summed E-state index contributed by atoms with van der Waals surface area (Å²) >= 11 is 0. The van der Waals surface area contributed by atoms with Crippen LogP contribution in [-0.2, 0) is 18.2 Å². The Morgan fingerprint density at radius 1 is 0.929 bits per heavy atom. The Morgan fingerprint density at radius 2 is 1.21 bits per heavy atom. The normalized spacial score (nSPS) is 20.0. The first kappa shape index (κ1) is 14.3. The average Bonchev–Trinajstić information content (AvgIpc) is 2.13. The highest BCUT2D eigenvalue weighted by Crippen LogP contribution is 2.43. The van der Waals surface area contributed by atoms with Crippen LogP contribution in [0.4, 0.5) is 0 Å². The Bertz CT molecular complexity index is 227. The van der Waals surface area contributed by atoms with E-state index < -0.39 is 15.2 Å². The van der Waals surface area contributed by atoms with Gasteiger partial charge in [0.25, 0.3) is 0 Å². The predicted octanol–water partition coefficient (Wildman–Crippen LogP) is 1.43. The molecule has 0 bridgehead atoms. The first-order valence-corrected chi connectivity index (χ1v) is 7.78. The zero-order valence-corrected chi connectivity index (χ0v) is 10.0. The van der Waals surface area contributed by atoms with Crippen LogP contribution in [0, 0.1) is 0 Å². The third-order valence-electron chi connectivity index (χ3n) is 1.47. The van der Waals surface area contributed by atoms with Gasteiger partial charge in [-0.25, -0.2) is 0 Å². The summed E-state index contributed by atoms with van der Waals surface area (Å²) in [6.45, 7) is 2.72. The van der Waals surface area contributed by atoms with Crippen LogP contribution in [0.3, 0.4) is 0 Å². The largest absolute Gasteiger partial charge is 0.327 e. The predicted molar refractivity (Wildman–Crippen MR) is 52.6 cm³/mol. The van der Waals surface area contributed by atoms with Crippen molar-refractivity contribution in [3.05, 3.63) is 0 Å². The summed E-state index contributed by atoms with van der Waals surface area (Å²) in [4.78, 5) is 17.9. The van der Waals surface area contributed by atoms with E-state index in [1.807, 2.05) is 0 Å². The summed E-state index contributed by atoms with van der Waals surface area (Å²) in [7, 11) is -7.03. The molecule has 2 N–H and O–H groups in total. The maximum Gasteiger partial charge on any atom is 0.327 e. The van der Waals surface area contributed by atoms with Crippen LogP contribution in [0.15, 0.2) is 0 Å². The molecular formula is C6H16O6P2. The van der Waals surface area contributed by atoms with E-state index in [4.69, 9.17) is 9.79 Å². The quantitative estimate of drug-likeness (QED) is 0.521. The Morgan fingerprint density at radius 3 is 1.43 bits per heavy atom. The minimum Gasteiger partial charge on any atom is -0.324 e. The van der Waals surface area contributed by atoms with Crippen molar-refractivity contribution in [2.24, 2.45) is 0 Å². The number of hydrogen-bond donors (Lipinski definition) is 2. The molecule has 0 aliphatic rings. The van der Waals surface area contributed by atoms with Gasteiger partial charge in [0.05, 0.1) is 13.2 Å². The van der Waals surface area contributed by atoms with Gasteiger partial charge in [-0.15, -0.1) is 0 Å². The van der Waals surface area contributed by atoms with Gasteiger partial charge in [-0.2, -0.15) is 0 Å². The van der Waals surface area contributed by atoms with Crippen LogP contribution in [0.2, 0.25) is 0 Å². The monoisotopic (exact) mass is 246 g/mol. The molecule has 0 saturated carbocycles. The highest BCUT2D eigenvalue weighted by atomic mass is 31.2. The van der Waals surface area contributed by atoms with E-state index in [-0.39, 0.29) is 25.5 Å². The van der Waals surface area contributed by atoms with Gasteiger partial charge >= 0.3 is 15.2 Å². The zero-order chi connectivity index (χ0) is 11.2. The van der Waals surface area contributed by atoms with E-state index in [0.717, 1.165) is 0 Å². The average molecular weight is 246 g/mol. The van der Waals surface area contributed by atoms with Crippen LogP contribution in [-0.4, -0.2) is 35.3 Å². The second kappa shape index (κ2) is 6.01. The standard InChI is InChI=1S/C6H16O6P2/c1-3-13(7,8)11-5-6-12-14(9,10)4-2/h3-6H2,1-2H3,(H,7,8)(H,9,10). The van der Waals surface area contributed by atoms with E-state index in [9.17, 15) is 9.13 Å². The molecule has 0 aromatic heterocycles. The molecule has 6 nitrogen and oxygen atoms in total. The summed E-state index contributed by atoms with van der Waals surface area (Å²) in [6.07, 6.45) is 0.0229. The van der Waals surface area contributed by atoms with Crippen molar-refractivity contribution in [2.75, 3.05) is 25.5 Å². The Balaban J connectivity index is 3.68. The highest BCUT2D eigenvalue weighted by Gasteiger charge is 2.18. The molecule has 0 aromatic carbocycles. The molecule has 0 aliphatic carbocycles. The maximum atomic E-state index is 10.9. The molecule has 0 aromatic rings. The fraction of sp³-hybridized carbons (Fsp3) is 1.00. The molecule has 86 valence electrons. The van der Waals surface area contributed by atoms with Crippen LogP contribution in [0.25, 0.3) is 0 Å². The second-order valence-electron chi connectivity index (χ2n) is 2.57. The smallest absolute Gasteiger partial charge is 0.324 e. The van der Waals surface area contributed by atoms with Gasteiger partial charge in [0, 0.05) is 12.3 Å². The van der Waals surface area contributed by atoms with Gasteiger partial charge < -0.3 is 18.8 Å². The van der Waals surface area contributed by atoms with Gasteiger partial charge in [0.2, 0.25) is 0 Å². The second-order valence-corrected chi connectivity index (χ2v) is 6.90. The third kappa shape index (κ3) is 6.71. The van der Waals surface area contributed by atoms with Gasteiger partial charge in [0.15, 0.2) is 0 Å². The lowest BCUT2D eigenvalue weighted by Crippen LogP contribution is -2.03. The Kier molecular flexibility index (Phi) is 6.14. The van der Waals surface area contributed by atoms with Crippen molar-refractivity contribution < 1.29 is 28.0 Å². The first-order valence-electron chi connectivity index (χ1n) is 4.25. The van der Waals surface area contributed by atoms with Crippen LogP contribution in [0.1, 0.15) is 13.8 Å². The van der Waals surface area contributed by atoms with Gasteiger partial charge in [-0.1, -0.05) is 13.8 Å². The van der Waals surface area contributed by atoms with Crippen molar-refractivity contribution >= 4 is 15.2 Å². The molecule has 2 unspecified atom stereocenters. The summed E-state index contributed by atoms with van der Waals surface area (Å²) in [5, 5.41) is 0. The summed E-state index contributed by atoms with van der Waals surface area (Å²) < 4.78 is 31.0. The van der Waals surface area contributed by atoms with Crippen molar-refractivity contribution in [3.63, 3.8) is 0 Å². The fourth-order valence-electron chi connectivity index (χ4n) is 0.542. The van der Waals surface area contributed by atoms with E-state index >= 15 is 0 Å². The number of rotatable bonds is 7. The van der Waals surface area contributed by atoms with E-state index in [2.05, 4.69) is 9.05 Å². The Hall–Kier alpha value is 0.300. The third-order valence-corrected chi connectivity index (χ3v) is 4.24. The molecule has 14 heavy (non-hydrogen) atoms. The van der Waals surface area contributed by atoms with E-state index in [0.29, 0.717) is 0 Å². The minimum absolute atomic E-state index is 0.0115. The summed E-state index contributed by atoms with van der Waals surface area (Å²) in [6, 6.07) is 0. The SMILES string of the molecule is CCP(=O)(O)OCCOP(=O)(O)CC. The van der Waals surface area contributed by atoms with Crippen molar-refractivity contribution in [1.29, 1.82) is 0 Å². The van der Waals surface area contributed by atoms with Gasteiger partial charge in [0.1, 0.15) is 0 Å². The lowest BCUT2D eigenvalue weighted by Gasteiger charge is -2.12. The molecule has 0 amide bonds. The molecule has 0 fully saturated rings. The molecule has 0 radical (unpaired) electrons. The van der Waals surface area contributed by atoms with Gasteiger partial charge in [-0.05, 0) is 0 Å². The lowest BCUT2D eigenvalue weighted by molar-refractivity contribution is 0.181. The van der Waals surface area contributed by atoms with Crippen LogP contribution in [0.5, 0.6) is 0 Å². The molecule has 0 spiro atoms. The summed E-state index contributed by atoms with van der Waals surface area (Å²) in [5.41, 5.74) is 0. The molecule has 8 heteroatoms. The van der Waals surface area contributed by atoms with Crippen LogP contribution >= 0.6 is 15.2 Å². The fourth-order valence-corrected chi connectivity index (χ4v) is 1.63. The van der Waals surface area contributed by atoms with E-state index in [1.165, 1.54) is 13.8 Å². The zero-order valence-electron chi connectivity index (χ0n) is 8.25. The Labute approximate surface area is 83.3 Å². The lowest BCUT2D eigenvalue weighted by atomic mass is 10.8. The summed E-state index contributed by atoms with van der Waals surface area (Å²) in [5.74, 6) is 0. The van der Waals surface area contributed by atoms with E-state index in [1.54, 1.807) is 0 Å². The van der Waals surface area contributed by atoms with Crippen LogP contribution < -0.4 is 0 Å². The van der Waals surface area contributed by atoms with Gasteiger partial charge in [-0.3, -0.25) is 9.13 Å². The molecule has 0 saturated heterocycles. The molecule has 0 aliphatic heterocycles. The number of hydrogen-bond acceptors (Lipinski definition) is 4. The first-order chi connectivity index (χ1) is 6.33. The molecular weight excluding hydrogens is 230 g/mol. The van der Waals surface area contributed by atoms with Crippen molar-refractivity contribution in [1.82, 2.24) is 0 Å². The topological polar surface area (TPSA) is 93.1 Å². The van der Waals surface area contributed by atoms with Crippen molar-refractivity contribution in [3.8, 4) is 0 Å². The maximum absolute atomic E-state index is 10.9. The van der Waals surface area contributed by atoms with Crippen molar-refractivity contribution in [2.45, 2.75) is 13.8 Å². The molecule has 2 atom stereocenters. The molecule has 0 heterocycles.